The predicted molar refractivity (Wildman–Crippen MR) is 138 cm³/mol. The van der Waals surface area contributed by atoms with E-state index in [1.165, 1.54) is 6.92 Å². The third kappa shape index (κ3) is 7.25. The Kier molecular flexibility index (Phi) is 12.9. The monoisotopic (exact) mass is 616 g/mol. The zero-order valence-corrected chi connectivity index (χ0v) is 23.9. The van der Waals surface area contributed by atoms with Crippen LogP contribution in [0, 0.1) is 11.8 Å². The van der Waals surface area contributed by atoms with Crippen molar-refractivity contribution in [3.05, 3.63) is 0 Å². The van der Waals surface area contributed by atoms with E-state index in [1.807, 2.05) is 0 Å². The van der Waals surface area contributed by atoms with Crippen molar-refractivity contribution in [2.24, 2.45) is 11.8 Å². The molecule has 3 aliphatic heterocycles. The predicted octanol–water partition coefficient (Wildman–Crippen LogP) is -4.74. The molecule has 0 aliphatic carbocycles. The third-order valence-corrected chi connectivity index (χ3v) is 8.70. The van der Waals surface area contributed by atoms with Crippen LogP contribution in [0.5, 0.6) is 0 Å². The molecule has 15 unspecified atom stereocenters. The van der Waals surface area contributed by atoms with Gasteiger partial charge in [0.1, 0.15) is 36.6 Å². The van der Waals surface area contributed by atoms with E-state index in [4.69, 9.17) is 23.7 Å². The van der Waals surface area contributed by atoms with Gasteiger partial charge in [-0.25, -0.2) is 0 Å². The Balaban J connectivity index is 1.80. The normalized spacial score (nSPS) is 47.1. The van der Waals surface area contributed by atoms with Gasteiger partial charge in [-0.3, -0.25) is 0 Å². The van der Waals surface area contributed by atoms with Gasteiger partial charge in [-0.05, 0) is 19.8 Å². The summed E-state index contributed by atoms with van der Waals surface area (Å²) in [6, 6.07) is 0. The lowest BCUT2D eigenvalue weighted by atomic mass is 9.75. The first-order valence-electron chi connectivity index (χ1n) is 14.4. The van der Waals surface area contributed by atoms with Crippen LogP contribution in [0.3, 0.4) is 0 Å². The number of ether oxygens (including phenoxy) is 5. The second kappa shape index (κ2) is 15.1. The molecule has 11 N–H and O–H groups in total. The van der Waals surface area contributed by atoms with Crippen LogP contribution >= 0.6 is 0 Å². The van der Waals surface area contributed by atoms with E-state index in [-0.39, 0.29) is 12.8 Å². The molecule has 3 rings (SSSR count). The van der Waals surface area contributed by atoms with Crippen molar-refractivity contribution in [1.82, 2.24) is 0 Å². The molecule has 0 radical (unpaired) electrons. The van der Waals surface area contributed by atoms with Gasteiger partial charge in [0.15, 0.2) is 18.9 Å². The lowest BCUT2D eigenvalue weighted by Crippen LogP contribution is -2.65. The Morgan fingerprint density at radius 1 is 0.690 bits per heavy atom. The molecular formula is C26H48O16. The molecule has 0 aromatic carbocycles. The average Bonchev–Trinajstić information content (AvgIpc) is 2.96. The molecule has 42 heavy (non-hydrogen) atoms. The van der Waals surface area contributed by atoms with E-state index in [9.17, 15) is 56.2 Å². The lowest BCUT2D eigenvalue weighted by molar-refractivity contribution is -0.364. The van der Waals surface area contributed by atoms with Crippen molar-refractivity contribution in [2.75, 3.05) is 19.8 Å². The topological polar surface area (TPSA) is 269 Å². The largest absolute Gasteiger partial charge is 0.394 e. The van der Waals surface area contributed by atoms with Gasteiger partial charge < -0.3 is 79.9 Å². The van der Waals surface area contributed by atoms with Crippen molar-refractivity contribution in [3.8, 4) is 0 Å². The lowest BCUT2D eigenvalue weighted by Gasteiger charge is -2.50. The SMILES string of the molecule is CCCC(O[C@H]1OC(CO)[C@@H](C(C)(O)CC)C(O)C1O)C1C(CO)OC(OC2C(CO)OC(O)C(O)C2O)C(O)C1O. The fourth-order valence-corrected chi connectivity index (χ4v) is 6.09. The second-order valence-electron chi connectivity index (χ2n) is 11.5. The number of aliphatic hydroxyl groups is 11. The van der Waals surface area contributed by atoms with Crippen LogP contribution in [-0.4, -0.2) is 168 Å². The van der Waals surface area contributed by atoms with Gasteiger partial charge in [0.25, 0.3) is 0 Å². The van der Waals surface area contributed by atoms with E-state index < -0.39 is 123 Å². The van der Waals surface area contributed by atoms with Crippen LogP contribution in [-0.2, 0) is 23.7 Å². The molecule has 0 aromatic heterocycles. The highest BCUT2D eigenvalue weighted by molar-refractivity contribution is 5.00. The molecule has 0 aromatic rings. The van der Waals surface area contributed by atoms with Gasteiger partial charge in [-0.2, -0.15) is 0 Å². The Labute approximate surface area is 243 Å². The van der Waals surface area contributed by atoms with E-state index in [2.05, 4.69) is 0 Å². The maximum atomic E-state index is 11.2. The van der Waals surface area contributed by atoms with Crippen molar-refractivity contribution in [3.63, 3.8) is 0 Å². The quantitative estimate of drug-likeness (QED) is 0.0982. The summed E-state index contributed by atoms with van der Waals surface area (Å²) >= 11 is 0. The van der Waals surface area contributed by atoms with E-state index in [0.717, 1.165) is 0 Å². The van der Waals surface area contributed by atoms with E-state index in [1.54, 1.807) is 13.8 Å². The van der Waals surface area contributed by atoms with Gasteiger partial charge in [0.2, 0.25) is 0 Å². The molecule has 16 nitrogen and oxygen atoms in total. The smallest absolute Gasteiger partial charge is 0.187 e. The maximum absolute atomic E-state index is 11.2. The highest BCUT2D eigenvalue weighted by Crippen LogP contribution is 2.39. The molecule has 3 saturated heterocycles. The highest BCUT2D eigenvalue weighted by Gasteiger charge is 2.55. The summed E-state index contributed by atoms with van der Waals surface area (Å²) in [6.45, 7) is 2.86. The van der Waals surface area contributed by atoms with Crippen molar-refractivity contribution in [1.29, 1.82) is 0 Å². The number of hydrogen-bond acceptors (Lipinski definition) is 16. The minimum Gasteiger partial charge on any atom is -0.394 e. The van der Waals surface area contributed by atoms with Gasteiger partial charge in [-0.15, -0.1) is 0 Å². The molecule has 0 saturated carbocycles. The molecular weight excluding hydrogens is 568 g/mol. The van der Waals surface area contributed by atoms with Crippen LogP contribution < -0.4 is 0 Å². The van der Waals surface area contributed by atoms with Crippen LogP contribution in [0.25, 0.3) is 0 Å². The van der Waals surface area contributed by atoms with Gasteiger partial charge in [0, 0.05) is 11.8 Å². The molecule has 3 aliphatic rings. The molecule has 0 bridgehead atoms. The van der Waals surface area contributed by atoms with E-state index >= 15 is 0 Å². The van der Waals surface area contributed by atoms with Gasteiger partial charge >= 0.3 is 0 Å². The van der Waals surface area contributed by atoms with Crippen molar-refractivity contribution in [2.45, 2.75) is 132 Å². The van der Waals surface area contributed by atoms with Gasteiger partial charge in [0.05, 0.1) is 55.9 Å². The van der Waals surface area contributed by atoms with Gasteiger partial charge in [-0.1, -0.05) is 20.3 Å². The standard InChI is InChI=1S/C26H48O16/c1-4-6-10(39-24-21(35)17(31)15(12(8-28)41-24)26(3,37)5-2)14-11(7-27)40-25(20(34)16(14)30)42-22-13(9-29)38-23(36)19(33)18(22)32/h10-25,27-37H,4-9H2,1-3H3/t10?,11?,12?,13?,14?,15-,16?,17?,18?,19?,20?,21?,22?,23?,24+,25?,26?/m1/s1. The summed E-state index contributed by atoms with van der Waals surface area (Å²) < 4.78 is 28.2. The van der Waals surface area contributed by atoms with Crippen LogP contribution in [0.2, 0.25) is 0 Å². The highest BCUT2D eigenvalue weighted by atomic mass is 16.7. The number of rotatable bonds is 12. The summed E-state index contributed by atoms with van der Waals surface area (Å²) in [5, 5.41) is 114. The minimum absolute atomic E-state index is 0.193. The Hall–Kier alpha value is -0.640. The minimum atomic E-state index is -1.81. The third-order valence-electron chi connectivity index (χ3n) is 8.70. The fourth-order valence-electron chi connectivity index (χ4n) is 6.09. The Bertz CT molecular complexity index is 813. The first-order valence-corrected chi connectivity index (χ1v) is 14.4. The average molecular weight is 617 g/mol. The summed E-state index contributed by atoms with van der Waals surface area (Å²) in [6.07, 6.45) is -20.7. The van der Waals surface area contributed by atoms with E-state index in [0.29, 0.717) is 6.42 Å². The van der Waals surface area contributed by atoms with Crippen LogP contribution in [0.1, 0.15) is 40.0 Å². The zero-order valence-electron chi connectivity index (χ0n) is 23.9. The number of aliphatic hydroxyl groups excluding tert-OH is 10. The zero-order chi connectivity index (χ0) is 31.5. The first-order chi connectivity index (χ1) is 19.8. The molecule has 17 atom stereocenters. The summed E-state index contributed by atoms with van der Waals surface area (Å²) in [4.78, 5) is 0. The summed E-state index contributed by atoms with van der Waals surface area (Å²) in [5.41, 5.74) is -1.49. The molecule has 16 heteroatoms. The van der Waals surface area contributed by atoms with Crippen LogP contribution in [0.4, 0.5) is 0 Å². The Morgan fingerprint density at radius 3 is 1.81 bits per heavy atom. The van der Waals surface area contributed by atoms with Crippen molar-refractivity contribution >= 4 is 0 Å². The second-order valence-corrected chi connectivity index (χ2v) is 11.5. The molecule has 248 valence electrons. The maximum Gasteiger partial charge on any atom is 0.187 e. The van der Waals surface area contributed by atoms with Crippen LogP contribution in [0.15, 0.2) is 0 Å². The number of hydrogen-bond donors (Lipinski definition) is 11. The summed E-state index contributed by atoms with van der Waals surface area (Å²) in [7, 11) is 0. The fraction of sp³-hybridized carbons (Fsp3) is 1.00. The first kappa shape index (κ1) is 35.8. The van der Waals surface area contributed by atoms with Crippen molar-refractivity contribution < 1.29 is 79.9 Å². The Morgan fingerprint density at radius 2 is 1.26 bits per heavy atom. The molecule has 3 heterocycles. The molecule has 0 amide bonds. The molecule has 3 fully saturated rings. The summed E-state index contributed by atoms with van der Waals surface area (Å²) in [5.74, 6) is -2.20. The molecule has 0 spiro atoms.